The largest absolute Gasteiger partial charge is 0.259 e. The molecule has 1 nitrogen and oxygen atoms in total. The first-order chi connectivity index (χ1) is 7.52. The van der Waals surface area contributed by atoms with Crippen molar-refractivity contribution in [1.82, 2.24) is 0 Å². The minimum atomic E-state index is -0.795. The zero-order valence-corrected chi connectivity index (χ0v) is 12.4. The van der Waals surface area contributed by atoms with Crippen LogP contribution in [0.1, 0.15) is 13.8 Å². The average molecular weight is 276 g/mol. The zero-order valence-electron chi connectivity index (χ0n) is 9.98. The van der Waals surface area contributed by atoms with Gasteiger partial charge in [0.15, 0.2) is 0 Å². The molecule has 1 atom stereocenters. The lowest BCUT2D eigenvalue weighted by molar-refractivity contribution is 0.687. The Balaban J connectivity index is 3.84. The molecule has 16 heavy (non-hydrogen) atoms. The van der Waals surface area contributed by atoms with Gasteiger partial charge in [-0.25, -0.2) is 0 Å². The SMILES string of the molecule is C=CCSC(C)(C)S/C=C/CS(=O)CC=C. The number of rotatable bonds is 9. The quantitative estimate of drug-likeness (QED) is 0.471. The van der Waals surface area contributed by atoms with E-state index in [1.165, 1.54) is 0 Å². The van der Waals surface area contributed by atoms with E-state index in [1.54, 1.807) is 17.8 Å². The fourth-order valence-corrected chi connectivity index (χ4v) is 3.37. The Kier molecular flexibility index (Phi) is 9.18. The number of hydrogen-bond donors (Lipinski definition) is 0. The van der Waals surface area contributed by atoms with Crippen LogP contribution < -0.4 is 0 Å². The molecule has 4 heteroatoms. The summed E-state index contributed by atoms with van der Waals surface area (Å²) in [6, 6.07) is 0. The lowest BCUT2D eigenvalue weighted by Crippen LogP contribution is -2.07. The van der Waals surface area contributed by atoms with Crippen molar-refractivity contribution in [2.45, 2.75) is 17.9 Å². The van der Waals surface area contributed by atoms with E-state index in [2.05, 4.69) is 27.0 Å². The predicted octanol–water partition coefficient (Wildman–Crippen LogP) is 3.82. The van der Waals surface area contributed by atoms with Crippen LogP contribution in [0.4, 0.5) is 0 Å². The van der Waals surface area contributed by atoms with Gasteiger partial charge in [0.25, 0.3) is 0 Å². The molecule has 0 amide bonds. The first-order valence-corrected chi connectivity index (χ1v) is 8.40. The van der Waals surface area contributed by atoms with Crippen molar-refractivity contribution in [2.75, 3.05) is 17.3 Å². The molecule has 0 fully saturated rings. The fraction of sp³-hybridized carbons (Fsp3) is 0.500. The highest BCUT2D eigenvalue weighted by Gasteiger charge is 2.15. The summed E-state index contributed by atoms with van der Waals surface area (Å²) in [4.78, 5) is 0. The van der Waals surface area contributed by atoms with Crippen LogP contribution in [-0.2, 0) is 10.8 Å². The molecule has 0 aromatic carbocycles. The Morgan fingerprint density at radius 2 is 1.94 bits per heavy atom. The monoisotopic (exact) mass is 276 g/mol. The van der Waals surface area contributed by atoms with Gasteiger partial charge >= 0.3 is 0 Å². The van der Waals surface area contributed by atoms with Crippen LogP contribution in [0.2, 0.25) is 0 Å². The Hall–Kier alpha value is 0.0700. The van der Waals surface area contributed by atoms with Gasteiger partial charge in [-0.15, -0.1) is 36.7 Å². The maximum Gasteiger partial charge on any atom is 0.0599 e. The van der Waals surface area contributed by atoms with Gasteiger partial charge in [-0.1, -0.05) is 18.2 Å². The second-order valence-electron chi connectivity index (χ2n) is 3.55. The third kappa shape index (κ3) is 9.31. The molecule has 0 spiro atoms. The summed E-state index contributed by atoms with van der Waals surface area (Å²) >= 11 is 3.60. The van der Waals surface area contributed by atoms with Gasteiger partial charge in [-0.05, 0) is 19.3 Å². The van der Waals surface area contributed by atoms with Crippen molar-refractivity contribution in [3.05, 3.63) is 36.8 Å². The van der Waals surface area contributed by atoms with Crippen LogP contribution in [0.5, 0.6) is 0 Å². The average Bonchev–Trinajstić information content (AvgIpc) is 2.22. The zero-order chi connectivity index (χ0) is 12.4. The fourth-order valence-electron chi connectivity index (χ4n) is 0.852. The molecule has 0 bridgehead atoms. The van der Waals surface area contributed by atoms with Crippen molar-refractivity contribution in [2.24, 2.45) is 0 Å². The van der Waals surface area contributed by atoms with E-state index in [0.29, 0.717) is 11.5 Å². The Labute approximate surface area is 110 Å². The summed E-state index contributed by atoms with van der Waals surface area (Å²) in [7, 11) is -0.795. The first-order valence-electron chi connectivity index (χ1n) is 5.05. The van der Waals surface area contributed by atoms with Crippen LogP contribution in [0.3, 0.4) is 0 Å². The Morgan fingerprint density at radius 1 is 1.25 bits per heavy atom. The lowest BCUT2D eigenvalue weighted by atomic mass is 10.5. The maximum atomic E-state index is 11.3. The van der Waals surface area contributed by atoms with Crippen LogP contribution in [0.15, 0.2) is 36.8 Å². The summed E-state index contributed by atoms with van der Waals surface area (Å²) in [5.41, 5.74) is 0. The molecule has 0 saturated carbocycles. The molecule has 1 unspecified atom stereocenters. The molecule has 0 aliphatic carbocycles. The van der Waals surface area contributed by atoms with Gasteiger partial charge in [-0.3, -0.25) is 4.21 Å². The lowest BCUT2D eigenvalue weighted by Gasteiger charge is -2.20. The van der Waals surface area contributed by atoms with E-state index < -0.39 is 10.8 Å². The summed E-state index contributed by atoms with van der Waals surface area (Å²) in [6.07, 6.45) is 5.58. The van der Waals surface area contributed by atoms with Crippen molar-refractivity contribution >= 4 is 34.3 Å². The van der Waals surface area contributed by atoms with E-state index in [-0.39, 0.29) is 4.08 Å². The Morgan fingerprint density at radius 3 is 2.50 bits per heavy atom. The highest BCUT2D eigenvalue weighted by Crippen LogP contribution is 2.36. The van der Waals surface area contributed by atoms with Crippen LogP contribution in [0, 0.1) is 0 Å². The maximum absolute atomic E-state index is 11.3. The highest BCUT2D eigenvalue weighted by molar-refractivity contribution is 8.19. The van der Waals surface area contributed by atoms with Gasteiger partial charge in [-0.2, -0.15) is 0 Å². The molecule has 0 aliphatic heterocycles. The topological polar surface area (TPSA) is 17.1 Å². The summed E-state index contributed by atoms with van der Waals surface area (Å²) in [6.45, 7) is 11.6. The molecular weight excluding hydrogens is 256 g/mol. The number of hydrogen-bond acceptors (Lipinski definition) is 3. The molecule has 0 aromatic heterocycles. The van der Waals surface area contributed by atoms with Crippen molar-refractivity contribution < 1.29 is 4.21 Å². The third-order valence-corrected chi connectivity index (χ3v) is 5.39. The highest BCUT2D eigenvalue weighted by atomic mass is 32.2. The second-order valence-corrected chi connectivity index (χ2v) is 8.53. The van der Waals surface area contributed by atoms with Crippen LogP contribution >= 0.6 is 23.5 Å². The smallest absolute Gasteiger partial charge is 0.0599 e. The predicted molar refractivity (Wildman–Crippen MR) is 81.5 cm³/mol. The normalized spacial score (nSPS) is 13.9. The van der Waals surface area contributed by atoms with Crippen molar-refractivity contribution in [3.8, 4) is 0 Å². The number of thioether (sulfide) groups is 2. The van der Waals surface area contributed by atoms with E-state index in [9.17, 15) is 4.21 Å². The second kappa shape index (κ2) is 9.14. The first kappa shape index (κ1) is 16.1. The molecule has 0 aliphatic rings. The summed E-state index contributed by atoms with van der Waals surface area (Å²) in [5.74, 6) is 2.14. The van der Waals surface area contributed by atoms with Gasteiger partial charge in [0.2, 0.25) is 0 Å². The van der Waals surface area contributed by atoms with Gasteiger partial charge in [0, 0.05) is 28.1 Å². The Bertz CT molecular complexity index is 269. The molecule has 92 valence electrons. The van der Waals surface area contributed by atoms with Crippen LogP contribution in [-0.4, -0.2) is 25.5 Å². The summed E-state index contributed by atoms with van der Waals surface area (Å²) < 4.78 is 11.4. The van der Waals surface area contributed by atoms with E-state index in [4.69, 9.17) is 0 Å². The molecule has 0 aromatic rings. The van der Waals surface area contributed by atoms with Gasteiger partial charge in [0.05, 0.1) is 4.08 Å². The molecule has 0 radical (unpaired) electrons. The van der Waals surface area contributed by atoms with Crippen LogP contribution in [0.25, 0.3) is 0 Å². The van der Waals surface area contributed by atoms with Crippen molar-refractivity contribution in [3.63, 3.8) is 0 Å². The van der Waals surface area contributed by atoms with Gasteiger partial charge < -0.3 is 0 Å². The van der Waals surface area contributed by atoms with E-state index >= 15 is 0 Å². The molecule has 0 rings (SSSR count). The van der Waals surface area contributed by atoms with Gasteiger partial charge in [0.1, 0.15) is 0 Å². The van der Waals surface area contributed by atoms with Crippen molar-refractivity contribution in [1.29, 1.82) is 0 Å². The standard InChI is InChI=1S/C12H20OS3/c1-5-8-14-12(3,4)15-9-7-11-16(13)10-6-2/h5-7,9H,1-2,8,10-11H2,3-4H3/b9-7+. The minimum absolute atomic E-state index is 0.143. The molecule has 0 saturated heterocycles. The molecule has 0 heterocycles. The third-order valence-electron chi connectivity index (χ3n) is 1.58. The summed E-state index contributed by atoms with van der Waals surface area (Å²) in [5, 5.41) is 2.04. The minimum Gasteiger partial charge on any atom is -0.259 e. The molecule has 0 N–H and O–H groups in total. The molecular formula is C12H20OS3. The van der Waals surface area contributed by atoms with E-state index in [1.807, 2.05) is 29.3 Å². The van der Waals surface area contributed by atoms with E-state index in [0.717, 1.165) is 5.75 Å².